The van der Waals surface area contributed by atoms with Gasteiger partial charge in [0, 0.05) is 12.1 Å². The third-order valence-electron chi connectivity index (χ3n) is 4.78. The molecule has 0 radical (unpaired) electrons. The standard InChI is InChI=1S/C19H26N2O3/c1-4-23-18-10-15(11-20)8-9-17(18)24-12-19(22)21-16-7-5-6-13(2)14(16)3/h8-10,13-14,16H,4-7,12H2,1-3H3,(H,21,22)/t13-,14+,16+/m0/s1. The average molecular weight is 330 g/mol. The minimum atomic E-state index is -0.118. The molecule has 0 aromatic heterocycles. The molecule has 1 aromatic carbocycles. The molecule has 5 heteroatoms. The van der Waals surface area contributed by atoms with Crippen LogP contribution in [0.1, 0.15) is 45.6 Å². The Hall–Kier alpha value is -2.22. The van der Waals surface area contributed by atoms with Gasteiger partial charge in [0.05, 0.1) is 18.2 Å². The Bertz CT molecular complexity index is 609. The zero-order valence-corrected chi connectivity index (χ0v) is 14.7. The Labute approximate surface area is 144 Å². The van der Waals surface area contributed by atoms with Crippen LogP contribution in [-0.4, -0.2) is 25.2 Å². The van der Waals surface area contributed by atoms with Crippen LogP contribution >= 0.6 is 0 Å². The summed E-state index contributed by atoms with van der Waals surface area (Å²) in [5, 5.41) is 12.0. The number of nitrogens with zero attached hydrogens (tertiary/aromatic N) is 1. The highest BCUT2D eigenvalue weighted by Crippen LogP contribution is 2.30. The lowest BCUT2D eigenvalue weighted by Crippen LogP contribution is -2.45. The number of amides is 1. The van der Waals surface area contributed by atoms with E-state index in [-0.39, 0.29) is 18.6 Å². The predicted octanol–water partition coefficient (Wildman–Crippen LogP) is 3.28. The van der Waals surface area contributed by atoms with Gasteiger partial charge < -0.3 is 14.8 Å². The maximum atomic E-state index is 12.2. The first-order chi connectivity index (χ1) is 11.5. The van der Waals surface area contributed by atoms with E-state index >= 15 is 0 Å². The first-order valence-corrected chi connectivity index (χ1v) is 8.64. The van der Waals surface area contributed by atoms with Gasteiger partial charge in [-0.25, -0.2) is 0 Å². The van der Waals surface area contributed by atoms with Crippen molar-refractivity contribution in [3.8, 4) is 17.6 Å². The topological polar surface area (TPSA) is 71.3 Å². The summed E-state index contributed by atoms with van der Waals surface area (Å²) in [4.78, 5) is 12.2. The number of rotatable bonds is 6. The second-order valence-corrected chi connectivity index (χ2v) is 6.44. The fourth-order valence-corrected chi connectivity index (χ4v) is 3.14. The highest BCUT2D eigenvalue weighted by Gasteiger charge is 2.28. The smallest absolute Gasteiger partial charge is 0.258 e. The Morgan fingerprint density at radius 3 is 2.79 bits per heavy atom. The van der Waals surface area contributed by atoms with Gasteiger partial charge in [0.15, 0.2) is 18.1 Å². The van der Waals surface area contributed by atoms with Crippen LogP contribution in [0, 0.1) is 23.2 Å². The third kappa shape index (κ3) is 4.64. The van der Waals surface area contributed by atoms with Gasteiger partial charge in [-0.15, -0.1) is 0 Å². The molecule has 0 aliphatic heterocycles. The zero-order valence-electron chi connectivity index (χ0n) is 14.7. The molecule has 1 aromatic rings. The number of benzene rings is 1. The lowest BCUT2D eigenvalue weighted by Gasteiger charge is -2.34. The van der Waals surface area contributed by atoms with E-state index in [1.165, 1.54) is 6.42 Å². The summed E-state index contributed by atoms with van der Waals surface area (Å²) < 4.78 is 11.1. The van der Waals surface area contributed by atoms with Gasteiger partial charge >= 0.3 is 0 Å². The maximum absolute atomic E-state index is 12.2. The van der Waals surface area contributed by atoms with Crippen LogP contribution in [-0.2, 0) is 4.79 Å². The Morgan fingerprint density at radius 2 is 2.08 bits per heavy atom. The fraction of sp³-hybridized carbons (Fsp3) is 0.579. The molecular formula is C19H26N2O3. The van der Waals surface area contributed by atoms with E-state index in [9.17, 15) is 4.79 Å². The summed E-state index contributed by atoms with van der Waals surface area (Å²) in [5.41, 5.74) is 0.500. The van der Waals surface area contributed by atoms with Gasteiger partial charge in [-0.2, -0.15) is 5.26 Å². The Balaban J connectivity index is 1.93. The lowest BCUT2D eigenvalue weighted by atomic mass is 9.78. The average Bonchev–Trinajstić information content (AvgIpc) is 2.58. The molecule has 1 aliphatic carbocycles. The molecule has 130 valence electrons. The van der Waals surface area contributed by atoms with E-state index in [0.717, 1.165) is 12.8 Å². The van der Waals surface area contributed by atoms with Crippen molar-refractivity contribution >= 4 is 5.91 Å². The normalized spacial score (nSPS) is 23.2. The van der Waals surface area contributed by atoms with Crippen LogP contribution in [0.15, 0.2) is 18.2 Å². The van der Waals surface area contributed by atoms with Gasteiger partial charge in [-0.3, -0.25) is 4.79 Å². The number of carbonyl (C=O) groups is 1. The van der Waals surface area contributed by atoms with Gasteiger partial charge in [-0.05, 0) is 37.3 Å². The van der Waals surface area contributed by atoms with Crippen LogP contribution in [0.3, 0.4) is 0 Å². The SMILES string of the molecule is CCOc1cc(C#N)ccc1OCC(=O)N[C@@H]1CCC[C@H](C)[C@H]1C. The molecule has 0 unspecified atom stereocenters. The third-order valence-corrected chi connectivity index (χ3v) is 4.78. The summed E-state index contributed by atoms with van der Waals surface area (Å²) in [6.07, 6.45) is 3.41. The van der Waals surface area contributed by atoms with E-state index in [4.69, 9.17) is 14.7 Å². The van der Waals surface area contributed by atoms with Gasteiger partial charge in [-0.1, -0.05) is 26.7 Å². The van der Waals surface area contributed by atoms with Crippen molar-refractivity contribution in [3.63, 3.8) is 0 Å². The number of hydrogen-bond donors (Lipinski definition) is 1. The molecule has 3 atom stereocenters. The second-order valence-electron chi connectivity index (χ2n) is 6.44. The Morgan fingerprint density at radius 1 is 1.29 bits per heavy atom. The van der Waals surface area contributed by atoms with Crippen molar-refractivity contribution in [2.24, 2.45) is 11.8 Å². The van der Waals surface area contributed by atoms with Crippen LogP contribution in [0.2, 0.25) is 0 Å². The first kappa shape index (κ1) is 18.1. The van der Waals surface area contributed by atoms with Crippen molar-refractivity contribution in [2.75, 3.05) is 13.2 Å². The summed E-state index contributed by atoms with van der Waals surface area (Å²) in [6.45, 7) is 6.72. The van der Waals surface area contributed by atoms with Gasteiger partial charge in [0.1, 0.15) is 0 Å². The largest absolute Gasteiger partial charge is 0.490 e. The molecule has 0 bridgehead atoms. The molecule has 1 N–H and O–H groups in total. The zero-order chi connectivity index (χ0) is 17.5. The first-order valence-electron chi connectivity index (χ1n) is 8.64. The molecule has 5 nitrogen and oxygen atoms in total. The van der Waals surface area contributed by atoms with E-state index in [1.54, 1.807) is 18.2 Å². The number of carbonyl (C=O) groups excluding carboxylic acids is 1. The minimum absolute atomic E-state index is 0.0520. The molecule has 0 spiro atoms. The number of ether oxygens (including phenoxy) is 2. The van der Waals surface area contributed by atoms with Crippen molar-refractivity contribution < 1.29 is 14.3 Å². The molecular weight excluding hydrogens is 304 g/mol. The summed E-state index contributed by atoms with van der Waals surface area (Å²) in [7, 11) is 0. The highest BCUT2D eigenvalue weighted by atomic mass is 16.5. The van der Waals surface area contributed by atoms with Crippen molar-refractivity contribution in [1.29, 1.82) is 5.26 Å². The van der Waals surface area contributed by atoms with Crippen LogP contribution in [0.25, 0.3) is 0 Å². The minimum Gasteiger partial charge on any atom is -0.490 e. The number of hydrogen-bond acceptors (Lipinski definition) is 4. The molecule has 0 heterocycles. The predicted molar refractivity (Wildman–Crippen MR) is 91.9 cm³/mol. The van der Waals surface area contributed by atoms with Crippen molar-refractivity contribution in [1.82, 2.24) is 5.32 Å². The molecule has 2 rings (SSSR count). The van der Waals surface area contributed by atoms with E-state index in [0.29, 0.717) is 35.5 Å². The molecule has 1 aliphatic rings. The van der Waals surface area contributed by atoms with E-state index in [2.05, 4.69) is 25.2 Å². The molecule has 0 saturated heterocycles. The molecule has 24 heavy (non-hydrogen) atoms. The van der Waals surface area contributed by atoms with E-state index in [1.807, 2.05) is 6.92 Å². The summed E-state index contributed by atoms with van der Waals surface area (Å²) in [6, 6.07) is 7.23. The van der Waals surface area contributed by atoms with Crippen LogP contribution in [0.4, 0.5) is 0 Å². The Kier molecular flexibility index (Phi) is 6.48. The molecule has 1 saturated carbocycles. The summed E-state index contributed by atoms with van der Waals surface area (Å²) >= 11 is 0. The van der Waals surface area contributed by atoms with Gasteiger partial charge in [0.25, 0.3) is 5.91 Å². The van der Waals surface area contributed by atoms with Crippen molar-refractivity contribution in [3.05, 3.63) is 23.8 Å². The molecule has 1 fully saturated rings. The lowest BCUT2D eigenvalue weighted by molar-refractivity contribution is -0.124. The maximum Gasteiger partial charge on any atom is 0.258 e. The number of nitriles is 1. The van der Waals surface area contributed by atoms with Gasteiger partial charge in [0.2, 0.25) is 0 Å². The molecule has 1 amide bonds. The quantitative estimate of drug-likeness (QED) is 0.869. The summed E-state index contributed by atoms with van der Waals surface area (Å²) in [5.74, 6) is 1.97. The van der Waals surface area contributed by atoms with Crippen LogP contribution < -0.4 is 14.8 Å². The fourth-order valence-electron chi connectivity index (χ4n) is 3.14. The van der Waals surface area contributed by atoms with E-state index < -0.39 is 0 Å². The monoisotopic (exact) mass is 330 g/mol. The highest BCUT2D eigenvalue weighted by molar-refractivity contribution is 5.78. The van der Waals surface area contributed by atoms with Crippen molar-refractivity contribution in [2.45, 2.75) is 46.1 Å². The van der Waals surface area contributed by atoms with Crippen LogP contribution in [0.5, 0.6) is 11.5 Å². The second kappa shape index (κ2) is 8.58. The number of nitrogens with one attached hydrogen (secondary N) is 1.